The molecule has 0 bridgehead atoms. The molecule has 3 N–H and O–H groups in total. The summed E-state index contributed by atoms with van der Waals surface area (Å²) < 4.78 is 0. The second-order valence-electron chi connectivity index (χ2n) is 6.66. The quantitative estimate of drug-likeness (QED) is 0.891. The molecule has 0 saturated heterocycles. The molecule has 0 aliphatic heterocycles. The summed E-state index contributed by atoms with van der Waals surface area (Å²) in [5.41, 5.74) is 8.40. The summed E-state index contributed by atoms with van der Waals surface area (Å²) in [6, 6.07) is 8.91. The van der Waals surface area contributed by atoms with Crippen molar-refractivity contribution in [3.63, 3.8) is 0 Å². The smallest absolute Gasteiger partial charge is 0.223 e. The lowest BCUT2D eigenvalue weighted by Crippen LogP contribution is -2.37. The zero-order valence-electron chi connectivity index (χ0n) is 13.4. The van der Waals surface area contributed by atoms with Gasteiger partial charge in [-0.2, -0.15) is 0 Å². The molecule has 1 atom stereocenters. The molecular weight excluding hydrogens is 260 g/mol. The van der Waals surface area contributed by atoms with Crippen molar-refractivity contribution in [2.75, 3.05) is 0 Å². The Bertz CT molecular complexity index is 459. The van der Waals surface area contributed by atoms with Crippen LogP contribution >= 0.6 is 0 Å². The molecule has 116 valence electrons. The maximum Gasteiger partial charge on any atom is 0.223 e. The topological polar surface area (TPSA) is 55.1 Å². The molecule has 21 heavy (non-hydrogen) atoms. The molecule has 1 aliphatic rings. The molecule has 1 aromatic carbocycles. The van der Waals surface area contributed by atoms with Gasteiger partial charge in [-0.05, 0) is 49.7 Å². The highest BCUT2D eigenvalue weighted by Gasteiger charge is 2.25. The highest BCUT2D eigenvalue weighted by Crippen LogP contribution is 2.25. The molecule has 1 aromatic rings. The first kappa shape index (κ1) is 16.0. The van der Waals surface area contributed by atoms with Crippen LogP contribution in [-0.2, 0) is 4.79 Å². The van der Waals surface area contributed by atoms with E-state index in [1.165, 1.54) is 11.1 Å². The van der Waals surface area contributed by atoms with E-state index in [9.17, 15) is 4.79 Å². The molecule has 3 nitrogen and oxygen atoms in total. The summed E-state index contributed by atoms with van der Waals surface area (Å²) in [7, 11) is 0. The molecule has 0 radical (unpaired) electrons. The van der Waals surface area contributed by atoms with Crippen LogP contribution in [0.15, 0.2) is 24.3 Å². The largest absolute Gasteiger partial charge is 0.349 e. The van der Waals surface area contributed by atoms with E-state index < -0.39 is 0 Å². The third-order valence-corrected chi connectivity index (χ3v) is 4.60. The second kappa shape index (κ2) is 7.08. The maximum atomic E-state index is 12.3. The van der Waals surface area contributed by atoms with E-state index in [4.69, 9.17) is 5.73 Å². The average molecular weight is 288 g/mol. The van der Waals surface area contributed by atoms with E-state index in [0.29, 0.717) is 5.92 Å². The molecule has 1 aliphatic carbocycles. The lowest BCUT2D eigenvalue weighted by atomic mass is 9.85. The third kappa shape index (κ3) is 4.31. The highest BCUT2D eigenvalue weighted by atomic mass is 16.1. The number of carbonyl (C=O) groups is 1. The van der Waals surface area contributed by atoms with Crippen molar-refractivity contribution in [2.24, 2.45) is 11.7 Å². The Labute approximate surface area is 128 Å². The fourth-order valence-electron chi connectivity index (χ4n) is 2.97. The molecular formula is C18H28N2O. The van der Waals surface area contributed by atoms with Crippen LogP contribution in [0.4, 0.5) is 0 Å². The number of nitrogens with two attached hydrogens (primary N) is 1. The van der Waals surface area contributed by atoms with Gasteiger partial charge in [-0.1, -0.05) is 38.1 Å². The number of carbonyl (C=O) groups excluding carboxylic acids is 1. The van der Waals surface area contributed by atoms with Crippen molar-refractivity contribution < 1.29 is 4.79 Å². The Morgan fingerprint density at radius 2 is 1.57 bits per heavy atom. The van der Waals surface area contributed by atoms with Crippen LogP contribution in [0.25, 0.3) is 0 Å². The fraction of sp³-hybridized carbons (Fsp3) is 0.611. The van der Waals surface area contributed by atoms with Crippen LogP contribution in [0, 0.1) is 5.92 Å². The Morgan fingerprint density at radius 3 is 2.10 bits per heavy atom. The molecule has 0 spiro atoms. The van der Waals surface area contributed by atoms with Crippen LogP contribution in [-0.4, -0.2) is 11.9 Å². The lowest BCUT2D eigenvalue weighted by Gasteiger charge is -2.26. The first-order chi connectivity index (χ1) is 9.97. The molecule has 1 saturated carbocycles. The molecule has 3 heteroatoms. The van der Waals surface area contributed by atoms with Crippen molar-refractivity contribution in [3.8, 4) is 0 Å². The Balaban J connectivity index is 1.91. The summed E-state index contributed by atoms with van der Waals surface area (Å²) in [6.07, 6.45) is 3.78. The fourth-order valence-corrected chi connectivity index (χ4v) is 2.97. The van der Waals surface area contributed by atoms with Gasteiger partial charge in [0.1, 0.15) is 0 Å². The minimum Gasteiger partial charge on any atom is -0.349 e. The van der Waals surface area contributed by atoms with Crippen LogP contribution < -0.4 is 11.1 Å². The third-order valence-electron chi connectivity index (χ3n) is 4.60. The summed E-state index contributed by atoms with van der Waals surface area (Å²) in [5, 5.41) is 3.15. The van der Waals surface area contributed by atoms with Crippen molar-refractivity contribution >= 4 is 5.91 Å². The lowest BCUT2D eigenvalue weighted by molar-refractivity contribution is -0.126. The highest BCUT2D eigenvalue weighted by molar-refractivity contribution is 5.79. The molecule has 1 amide bonds. The standard InChI is InChI=1S/C18H28N2O/c1-12(2)14-4-6-15(7-5-14)13(3)20-18(21)16-8-10-17(19)11-9-16/h4-7,12-13,16-17H,8-11,19H2,1-3H3,(H,20,21). The van der Waals surface area contributed by atoms with Crippen molar-refractivity contribution in [1.82, 2.24) is 5.32 Å². The number of hydrogen-bond acceptors (Lipinski definition) is 2. The monoisotopic (exact) mass is 288 g/mol. The van der Waals surface area contributed by atoms with Gasteiger partial charge in [0.05, 0.1) is 6.04 Å². The van der Waals surface area contributed by atoms with E-state index in [2.05, 4.69) is 50.4 Å². The van der Waals surface area contributed by atoms with Gasteiger partial charge in [0, 0.05) is 12.0 Å². The summed E-state index contributed by atoms with van der Waals surface area (Å²) in [6.45, 7) is 6.43. The van der Waals surface area contributed by atoms with Crippen molar-refractivity contribution in [1.29, 1.82) is 0 Å². The van der Waals surface area contributed by atoms with Crippen molar-refractivity contribution in [2.45, 2.75) is 64.5 Å². The number of benzene rings is 1. The predicted octanol–water partition coefficient (Wildman–Crippen LogP) is 3.50. The summed E-state index contributed by atoms with van der Waals surface area (Å²) in [4.78, 5) is 12.3. The van der Waals surface area contributed by atoms with Crippen LogP contribution in [0.1, 0.15) is 69.5 Å². The van der Waals surface area contributed by atoms with E-state index in [-0.39, 0.29) is 23.9 Å². The zero-order chi connectivity index (χ0) is 15.4. The van der Waals surface area contributed by atoms with E-state index in [1.807, 2.05) is 0 Å². The van der Waals surface area contributed by atoms with Gasteiger partial charge in [0.15, 0.2) is 0 Å². The van der Waals surface area contributed by atoms with Crippen LogP contribution in [0.5, 0.6) is 0 Å². The first-order valence-corrected chi connectivity index (χ1v) is 8.13. The van der Waals surface area contributed by atoms with Gasteiger partial charge in [-0.25, -0.2) is 0 Å². The minimum absolute atomic E-state index is 0.0642. The Morgan fingerprint density at radius 1 is 1.05 bits per heavy atom. The molecule has 2 rings (SSSR count). The Kier molecular flexibility index (Phi) is 5.40. The average Bonchev–Trinajstić information content (AvgIpc) is 2.47. The van der Waals surface area contributed by atoms with Crippen LogP contribution in [0.3, 0.4) is 0 Å². The normalized spacial score (nSPS) is 23.9. The zero-order valence-corrected chi connectivity index (χ0v) is 13.4. The van der Waals surface area contributed by atoms with Crippen LogP contribution in [0.2, 0.25) is 0 Å². The second-order valence-corrected chi connectivity index (χ2v) is 6.66. The summed E-state index contributed by atoms with van der Waals surface area (Å²) in [5.74, 6) is 0.861. The Hall–Kier alpha value is -1.35. The van der Waals surface area contributed by atoms with Gasteiger partial charge >= 0.3 is 0 Å². The van der Waals surface area contributed by atoms with Gasteiger partial charge in [-0.15, -0.1) is 0 Å². The molecule has 1 fully saturated rings. The van der Waals surface area contributed by atoms with Gasteiger partial charge < -0.3 is 11.1 Å². The van der Waals surface area contributed by atoms with Gasteiger partial charge in [0.25, 0.3) is 0 Å². The van der Waals surface area contributed by atoms with E-state index in [0.717, 1.165) is 25.7 Å². The van der Waals surface area contributed by atoms with Gasteiger partial charge in [0.2, 0.25) is 5.91 Å². The maximum absolute atomic E-state index is 12.3. The SMILES string of the molecule is CC(C)c1ccc(C(C)NC(=O)C2CCC(N)CC2)cc1. The molecule has 0 aromatic heterocycles. The van der Waals surface area contributed by atoms with Gasteiger partial charge in [-0.3, -0.25) is 4.79 Å². The van der Waals surface area contributed by atoms with E-state index >= 15 is 0 Å². The summed E-state index contributed by atoms with van der Waals surface area (Å²) >= 11 is 0. The molecule has 0 heterocycles. The molecule has 1 unspecified atom stereocenters. The van der Waals surface area contributed by atoms with Crippen molar-refractivity contribution in [3.05, 3.63) is 35.4 Å². The van der Waals surface area contributed by atoms with E-state index in [1.54, 1.807) is 0 Å². The predicted molar refractivity (Wildman–Crippen MR) is 87.0 cm³/mol. The number of amides is 1. The number of rotatable bonds is 4. The minimum atomic E-state index is 0.0642. The first-order valence-electron chi connectivity index (χ1n) is 8.13. The number of hydrogen-bond donors (Lipinski definition) is 2. The number of nitrogens with one attached hydrogen (secondary N) is 1.